The SMILES string of the molecule is CCNC(=NCc1ccccn1)NCc1cc(-c2ccc(OC)cc2)cs1.I. The molecule has 0 unspecified atom stereocenters. The van der Waals surface area contributed by atoms with Crippen molar-refractivity contribution in [3.63, 3.8) is 0 Å². The standard InChI is InChI=1S/C21H24N4OS.HI/c1-3-22-21(24-13-18-6-4-5-11-23-18)25-14-20-12-17(15-27-20)16-7-9-19(26-2)10-8-16;/h4-12,15H,3,13-14H2,1-2H3,(H2,22,24,25);1H. The van der Waals surface area contributed by atoms with E-state index >= 15 is 0 Å². The van der Waals surface area contributed by atoms with Crippen molar-refractivity contribution in [2.45, 2.75) is 20.0 Å². The molecule has 0 fully saturated rings. The van der Waals surface area contributed by atoms with Gasteiger partial charge < -0.3 is 15.4 Å². The summed E-state index contributed by atoms with van der Waals surface area (Å²) >= 11 is 1.74. The summed E-state index contributed by atoms with van der Waals surface area (Å²) in [6.07, 6.45) is 1.79. The number of nitrogens with one attached hydrogen (secondary N) is 2. The summed E-state index contributed by atoms with van der Waals surface area (Å²) in [4.78, 5) is 10.2. The predicted octanol–water partition coefficient (Wildman–Crippen LogP) is 4.69. The van der Waals surface area contributed by atoms with Crippen molar-refractivity contribution in [2.24, 2.45) is 4.99 Å². The fraction of sp³-hybridized carbons (Fsp3) is 0.238. The molecule has 3 aromatic rings. The summed E-state index contributed by atoms with van der Waals surface area (Å²) in [5.74, 6) is 1.66. The van der Waals surface area contributed by atoms with Crippen LogP contribution in [0, 0.1) is 0 Å². The number of hydrogen-bond acceptors (Lipinski definition) is 4. The van der Waals surface area contributed by atoms with Gasteiger partial charge in [0.25, 0.3) is 0 Å². The van der Waals surface area contributed by atoms with E-state index in [1.807, 2.05) is 30.3 Å². The highest BCUT2D eigenvalue weighted by Gasteiger charge is 2.05. The van der Waals surface area contributed by atoms with E-state index in [2.05, 4.69) is 51.1 Å². The number of halogens is 1. The minimum Gasteiger partial charge on any atom is -0.497 e. The lowest BCUT2D eigenvalue weighted by atomic mass is 10.1. The van der Waals surface area contributed by atoms with Crippen LogP contribution >= 0.6 is 35.3 Å². The first-order valence-corrected chi connectivity index (χ1v) is 9.80. The van der Waals surface area contributed by atoms with Crippen LogP contribution < -0.4 is 15.4 Å². The van der Waals surface area contributed by atoms with Gasteiger partial charge in [-0.15, -0.1) is 35.3 Å². The van der Waals surface area contributed by atoms with Crippen LogP contribution in [-0.4, -0.2) is 24.6 Å². The molecule has 7 heteroatoms. The molecule has 0 aliphatic carbocycles. The van der Waals surface area contributed by atoms with Crippen molar-refractivity contribution in [3.8, 4) is 16.9 Å². The van der Waals surface area contributed by atoms with Crippen molar-refractivity contribution in [1.29, 1.82) is 0 Å². The highest BCUT2D eigenvalue weighted by molar-refractivity contribution is 14.0. The quantitative estimate of drug-likeness (QED) is 0.276. The second kappa shape index (κ2) is 11.7. The maximum atomic E-state index is 5.22. The van der Waals surface area contributed by atoms with Crippen LogP contribution in [0.5, 0.6) is 5.75 Å². The van der Waals surface area contributed by atoms with Gasteiger partial charge in [0.1, 0.15) is 5.75 Å². The van der Waals surface area contributed by atoms with Gasteiger partial charge in [-0.25, -0.2) is 4.99 Å². The first kappa shape index (κ1) is 22.2. The molecule has 28 heavy (non-hydrogen) atoms. The maximum Gasteiger partial charge on any atom is 0.191 e. The van der Waals surface area contributed by atoms with E-state index in [-0.39, 0.29) is 24.0 Å². The van der Waals surface area contributed by atoms with Crippen LogP contribution in [0.3, 0.4) is 0 Å². The van der Waals surface area contributed by atoms with Crippen molar-refractivity contribution in [3.05, 3.63) is 70.7 Å². The van der Waals surface area contributed by atoms with Crippen LogP contribution in [-0.2, 0) is 13.1 Å². The third-order valence-electron chi connectivity index (χ3n) is 3.98. The number of hydrogen-bond donors (Lipinski definition) is 2. The lowest BCUT2D eigenvalue weighted by Gasteiger charge is -2.10. The first-order valence-electron chi connectivity index (χ1n) is 8.92. The summed E-state index contributed by atoms with van der Waals surface area (Å²) in [5.41, 5.74) is 3.36. The Morgan fingerprint density at radius 1 is 1.11 bits per heavy atom. The monoisotopic (exact) mass is 508 g/mol. The Morgan fingerprint density at radius 2 is 1.93 bits per heavy atom. The number of nitrogens with zero attached hydrogens (tertiary/aromatic N) is 2. The van der Waals surface area contributed by atoms with Crippen molar-refractivity contribution < 1.29 is 4.74 Å². The highest BCUT2D eigenvalue weighted by Crippen LogP contribution is 2.27. The average Bonchev–Trinajstić information content (AvgIpc) is 3.20. The number of aliphatic imine (C=N–C) groups is 1. The average molecular weight is 508 g/mol. The van der Waals surface area contributed by atoms with E-state index in [1.165, 1.54) is 16.0 Å². The summed E-state index contributed by atoms with van der Waals surface area (Å²) < 4.78 is 5.22. The van der Waals surface area contributed by atoms with Gasteiger partial charge in [-0.1, -0.05) is 18.2 Å². The molecular weight excluding hydrogens is 483 g/mol. The number of methoxy groups -OCH3 is 1. The fourth-order valence-electron chi connectivity index (χ4n) is 2.57. The number of thiophene rings is 1. The minimum atomic E-state index is 0. The van der Waals surface area contributed by atoms with Gasteiger partial charge in [0, 0.05) is 17.6 Å². The minimum absolute atomic E-state index is 0. The Kier molecular flexibility index (Phi) is 9.22. The molecule has 0 radical (unpaired) electrons. The molecular formula is C21H25IN4OS. The van der Waals surface area contributed by atoms with Crippen LogP contribution in [0.1, 0.15) is 17.5 Å². The number of pyridine rings is 1. The molecule has 0 atom stereocenters. The maximum absolute atomic E-state index is 5.22. The van der Waals surface area contributed by atoms with Gasteiger partial charge in [-0.05, 0) is 53.8 Å². The number of guanidine groups is 1. The molecule has 0 spiro atoms. The molecule has 5 nitrogen and oxygen atoms in total. The number of ether oxygens (including phenoxy) is 1. The predicted molar refractivity (Wildman–Crippen MR) is 128 cm³/mol. The third kappa shape index (κ3) is 6.49. The normalized spacial score (nSPS) is 10.9. The van der Waals surface area contributed by atoms with Crippen LogP contribution in [0.4, 0.5) is 0 Å². The largest absolute Gasteiger partial charge is 0.497 e. The van der Waals surface area contributed by atoms with E-state index in [0.717, 1.165) is 30.5 Å². The number of benzene rings is 1. The second-order valence-electron chi connectivity index (χ2n) is 5.90. The molecule has 0 saturated heterocycles. The second-order valence-corrected chi connectivity index (χ2v) is 6.90. The van der Waals surface area contributed by atoms with Gasteiger partial charge in [0.15, 0.2) is 5.96 Å². The van der Waals surface area contributed by atoms with Gasteiger partial charge in [-0.3, -0.25) is 4.98 Å². The first-order chi connectivity index (χ1) is 13.3. The Morgan fingerprint density at radius 3 is 2.61 bits per heavy atom. The van der Waals surface area contributed by atoms with Gasteiger partial charge >= 0.3 is 0 Å². The molecule has 2 heterocycles. The lowest BCUT2D eigenvalue weighted by Crippen LogP contribution is -2.36. The van der Waals surface area contributed by atoms with E-state index in [0.29, 0.717) is 6.54 Å². The number of aromatic nitrogens is 1. The Hall–Kier alpha value is -2.13. The molecule has 148 valence electrons. The van der Waals surface area contributed by atoms with Gasteiger partial charge in [-0.2, -0.15) is 0 Å². The molecule has 0 saturated carbocycles. The van der Waals surface area contributed by atoms with E-state index < -0.39 is 0 Å². The Labute approximate surface area is 187 Å². The zero-order valence-electron chi connectivity index (χ0n) is 16.0. The van der Waals surface area contributed by atoms with Crippen LogP contribution in [0.2, 0.25) is 0 Å². The van der Waals surface area contributed by atoms with Gasteiger partial charge in [0.05, 0.1) is 25.9 Å². The molecule has 0 aliphatic rings. The highest BCUT2D eigenvalue weighted by atomic mass is 127. The van der Waals surface area contributed by atoms with Crippen LogP contribution in [0.15, 0.2) is 65.1 Å². The summed E-state index contributed by atoms with van der Waals surface area (Å²) in [6.45, 7) is 4.16. The molecule has 2 N–H and O–H groups in total. The molecule has 0 aliphatic heterocycles. The molecule has 2 aromatic heterocycles. The van der Waals surface area contributed by atoms with E-state index in [4.69, 9.17) is 4.74 Å². The topological polar surface area (TPSA) is 58.5 Å². The zero-order chi connectivity index (χ0) is 18.9. The summed E-state index contributed by atoms with van der Waals surface area (Å²) in [7, 11) is 1.68. The third-order valence-corrected chi connectivity index (χ3v) is 4.91. The number of rotatable bonds is 7. The lowest BCUT2D eigenvalue weighted by molar-refractivity contribution is 0.415. The Balaban J connectivity index is 0.00000280. The molecule has 0 bridgehead atoms. The summed E-state index contributed by atoms with van der Waals surface area (Å²) in [5, 5.41) is 8.85. The smallest absolute Gasteiger partial charge is 0.191 e. The molecule has 3 rings (SSSR count). The fourth-order valence-corrected chi connectivity index (χ4v) is 3.41. The van der Waals surface area contributed by atoms with Crippen molar-refractivity contribution in [2.75, 3.05) is 13.7 Å². The van der Waals surface area contributed by atoms with E-state index in [9.17, 15) is 0 Å². The van der Waals surface area contributed by atoms with Crippen molar-refractivity contribution in [1.82, 2.24) is 15.6 Å². The Bertz CT molecular complexity index is 866. The molecule has 1 aromatic carbocycles. The summed E-state index contributed by atoms with van der Waals surface area (Å²) in [6, 6.07) is 16.2. The zero-order valence-corrected chi connectivity index (χ0v) is 19.2. The van der Waals surface area contributed by atoms with Crippen molar-refractivity contribution >= 4 is 41.3 Å². The molecule has 0 amide bonds. The van der Waals surface area contributed by atoms with Crippen LogP contribution in [0.25, 0.3) is 11.1 Å². The van der Waals surface area contributed by atoms with E-state index in [1.54, 1.807) is 24.6 Å². The van der Waals surface area contributed by atoms with Gasteiger partial charge in [0.2, 0.25) is 0 Å².